The van der Waals surface area contributed by atoms with Crippen molar-refractivity contribution in [2.75, 3.05) is 32.4 Å². The summed E-state index contributed by atoms with van der Waals surface area (Å²) in [6.45, 7) is 8.16. The number of aromatic nitrogens is 2. The molecule has 0 N–H and O–H groups in total. The number of carbonyl (C=O) groups is 2. The number of ether oxygens (including phenoxy) is 1. The quantitative estimate of drug-likeness (QED) is 0.269. The summed E-state index contributed by atoms with van der Waals surface area (Å²) in [5, 5.41) is 11.5. The van der Waals surface area contributed by atoms with E-state index in [1.807, 2.05) is 38.0 Å². The number of halogens is 2. The van der Waals surface area contributed by atoms with Gasteiger partial charge in [0.25, 0.3) is 0 Å². The molecule has 2 aliphatic rings. The van der Waals surface area contributed by atoms with Gasteiger partial charge in [0.1, 0.15) is 16.1 Å². The van der Waals surface area contributed by atoms with Gasteiger partial charge < -0.3 is 19.1 Å². The van der Waals surface area contributed by atoms with Crippen molar-refractivity contribution in [3.8, 4) is 6.07 Å². The van der Waals surface area contributed by atoms with Gasteiger partial charge in [0.2, 0.25) is 5.91 Å². The molecule has 0 radical (unpaired) electrons. The minimum Gasteiger partial charge on any atom is -0.444 e. The van der Waals surface area contributed by atoms with Crippen LogP contribution in [0.3, 0.4) is 0 Å². The fourth-order valence-electron chi connectivity index (χ4n) is 5.68. The predicted molar refractivity (Wildman–Crippen MR) is 162 cm³/mol. The first-order chi connectivity index (χ1) is 19.5. The van der Waals surface area contributed by atoms with Crippen LogP contribution in [0.1, 0.15) is 63.8 Å². The number of carbonyl (C=O) groups excluding carboxylic acids is 2. The summed E-state index contributed by atoms with van der Waals surface area (Å²) in [4.78, 5) is 34.1. The highest BCUT2D eigenvalue weighted by Crippen LogP contribution is 2.41. The fraction of sp³-hybridized carbons (Fsp3) is 0.533. The first-order valence-corrected chi connectivity index (χ1v) is 16.0. The van der Waals surface area contributed by atoms with Gasteiger partial charge >= 0.3 is 6.09 Å². The molecule has 0 aliphatic carbocycles. The van der Waals surface area contributed by atoms with E-state index in [0.29, 0.717) is 59.2 Å². The van der Waals surface area contributed by atoms with Crippen LogP contribution in [0.4, 0.5) is 9.18 Å². The zero-order valence-corrected chi connectivity index (χ0v) is 26.3. The summed E-state index contributed by atoms with van der Waals surface area (Å²) in [6, 6.07) is 6.09. The second kappa shape index (κ2) is 11.8. The lowest BCUT2D eigenvalue weighted by molar-refractivity contribution is -0.134. The second-order valence-corrected chi connectivity index (χ2v) is 13.3. The zero-order valence-electron chi connectivity index (χ0n) is 23.9. The molecule has 1 atom stereocenters. The van der Waals surface area contributed by atoms with E-state index in [2.05, 4.69) is 32.6 Å². The molecule has 0 saturated carbocycles. The molecule has 11 heteroatoms. The molecule has 41 heavy (non-hydrogen) atoms. The number of hydrogen-bond acceptors (Lipinski definition) is 6. The predicted octanol–water partition coefficient (Wildman–Crippen LogP) is 6.62. The van der Waals surface area contributed by atoms with Crippen LogP contribution in [0, 0.1) is 17.1 Å². The Morgan fingerprint density at radius 1 is 1.20 bits per heavy atom. The Morgan fingerprint density at radius 2 is 1.95 bits per heavy atom. The summed E-state index contributed by atoms with van der Waals surface area (Å²) >= 11 is 4.86. The first kappa shape index (κ1) is 29.6. The van der Waals surface area contributed by atoms with Gasteiger partial charge in [-0.05, 0) is 86.3 Å². The number of rotatable bonds is 7. The van der Waals surface area contributed by atoms with Crippen molar-refractivity contribution in [1.82, 2.24) is 19.4 Å². The van der Waals surface area contributed by atoms with Crippen molar-refractivity contribution >= 4 is 61.5 Å². The largest absolute Gasteiger partial charge is 0.444 e. The van der Waals surface area contributed by atoms with E-state index in [-0.39, 0.29) is 30.0 Å². The van der Waals surface area contributed by atoms with Crippen LogP contribution in [0.2, 0.25) is 0 Å². The number of aryl methyl sites for hydroxylation is 2. The number of fused-ring (bicyclic) bond motifs is 3. The van der Waals surface area contributed by atoms with Crippen LogP contribution in [0.25, 0.3) is 21.8 Å². The van der Waals surface area contributed by atoms with Gasteiger partial charge in [0.15, 0.2) is 5.82 Å². The van der Waals surface area contributed by atoms with E-state index in [0.717, 1.165) is 36.1 Å². The van der Waals surface area contributed by atoms with Crippen LogP contribution in [-0.4, -0.2) is 69.4 Å². The number of benzene rings is 1. The van der Waals surface area contributed by atoms with Crippen LogP contribution < -0.4 is 0 Å². The molecule has 2 fully saturated rings. The highest BCUT2D eigenvalue weighted by molar-refractivity contribution is 9.10. The van der Waals surface area contributed by atoms with Gasteiger partial charge in [0.05, 0.1) is 22.1 Å². The zero-order chi connectivity index (χ0) is 29.5. The molecular weight excluding hydrogens is 609 g/mol. The Bertz CT molecular complexity index is 1560. The van der Waals surface area contributed by atoms with Gasteiger partial charge in [-0.2, -0.15) is 5.26 Å². The maximum absolute atomic E-state index is 15.8. The third-order valence-electron chi connectivity index (χ3n) is 7.75. The minimum atomic E-state index is -0.600. The Labute approximate surface area is 252 Å². The monoisotopic (exact) mass is 643 g/mol. The summed E-state index contributed by atoms with van der Waals surface area (Å²) < 4.78 is 24.0. The van der Waals surface area contributed by atoms with E-state index in [9.17, 15) is 14.9 Å². The molecule has 2 amide bonds. The van der Waals surface area contributed by atoms with Crippen molar-refractivity contribution in [3.63, 3.8) is 0 Å². The Hall–Kier alpha value is -2.84. The number of thioether (sulfide) groups is 1. The van der Waals surface area contributed by atoms with E-state index in [1.54, 1.807) is 4.90 Å². The molecule has 0 spiro atoms. The maximum atomic E-state index is 15.8. The van der Waals surface area contributed by atoms with E-state index in [1.165, 1.54) is 11.8 Å². The van der Waals surface area contributed by atoms with Gasteiger partial charge in [-0.15, -0.1) is 11.8 Å². The topological polar surface area (TPSA) is 91.5 Å². The molecular formula is C30H35BrFN5O3S. The molecule has 5 rings (SSSR count). The molecule has 218 valence electrons. The van der Waals surface area contributed by atoms with Crippen LogP contribution in [0.5, 0.6) is 0 Å². The number of hydrogen-bond donors (Lipinski definition) is 0. The standard InChI is InChI=1S/C30H35BrFN5O3S/c1-30(2,3)40-29(39)36-14-10-20(17-36)37-19(8-9-23(38)35-12-6-13-35)16-22-27(37)21-15-18(7-5-11-33)24(31)25(32)26(21)34-28(22)41-4/h15-16,20H,5-10,12-14,17H2,1-4H3. The summed E-state index contributed by atoms with van der Waals surface area (Å²) in [7, 11) is 0. The molecule has 2 aliphatic heterocycles. The number of likely N-dealkylation sites (tertiary alicyclic amines) is 2. The molecule has 1 aromatic carbocycles. The summed E-state index contributed by atoms with van der Waals surface area (Å²) in [5.41, 5.74) is 2.19. The van der Waals surface area contributed by atoms with Crippen molar-refractivity contribution in [2.24, 2.45) is 0 Å². The number of nitriles is 1. The average molecular weight is 645 g/mol. The van der Waals surface area contributed by atoms with Gasteiger partial charge in [-0.25, -0.2) is 14.2 Å². The normalized spacial score (nSPS) is 17.2. The number of amides is 2. The molecule has 3 aromatic rings. The van der Waals surface area contributed by atoms with Gasteiger partial charge in [0, 0.05) is 55.5 Å². The lowest BCUT2D eigenvalue weighted by Crippen LogP contribution is -2.42. The smallest absolute Gasteiger partial charge is 0.410 e. The van der Waals surface area contributed by atoms with E-state index >= 15 is 4.39 Å². The Balaban J connectivity index is 1.65. The SMILES string of the molecule is CSc1nc2c(F)c(Br)c(CCC#N)cc2c2c1cc(CCC(=O)N1CCC1)n2C1CCN(C(=O)OC(C)(C)C)C1. The van der Waals surface area contributed by atoms with E-state index in [4.69, 9.17) is 9.72 Å². The highest BCUT2D eigenvalue weighted by atomic mass is 79.9. The third kappa shape index (κ3) is 5.91. The Morgan fingerprint density at radius 3 is 2.59 bits per heavy atom. The average Bonchev–Trinajstić information content (AvgIpc) is 3.51. The molecule has 4 heterocycles. The second-order valence-electron chi connectivity index (χ2n) is 11.7. The maximum Gasteiger partial charge on any atom is 0.410 e. The number of nitrogens with zero attached hydrogens (tertiary/aromatic N) is 5. The minimum absolute atomic E-state index is 0.0799. The van der Waals surface area contributed by atoms with Crippen LogP contribution >= 0.6 is 27.7 Å². The molecule has 0 bridgehead atoms. The summed E-state index contributed by atoms with van der Waals surface area (Å²) in [6.07, 6.45) is 4.90. The van der Waals surface area contributed by atoms with Crippen molar-refractivity contribution < 1.29 is 18.7 Å². The number of pyridine rings is 1. The third-order valence-corrected chi connectivity index (χ3v) is 9.31. The van der Waals surface area contributed by atoms with Crippen LogP contribution in [-0.2, 0) is 22.4 Å². The molecule has 1 unspecified atom stereocenters. The summed E-state index contributed by atoms with van der Waals surface area (Å²) in [5.74, 6) is -0.312. The fourth-order valence-corrected chi connectivity index (χ4v) is 6.74. The van der Waals surface area contributed by atoms with Crippen molar-refractivity contribution in [1.29, 1.82) is 5.26 Å². The lowest BCUT2D eigenvalue weighted by Gasteiger charge is -2.31. The Kier molecular flexibility index (Phi) is 8.53. The van der Waals surface area contributed by atoms with Crippen LogP contribution in [0.15, 0.2) is 21.6 Å². The van der Waals surface area contributed by atoms with Crippen molar-refractivity contribution in [2.45, 2.75) is 76.0 Å². The molecule has 8 nitrogen and oxygen atoms in total. The van der Waals surface area contributed by atoms with Crippen molar-refractivity contribution in [3.05, 3.63) is 33.7 Å². The van der Waals surface area contributed by atoms with Gasteiger partial charge in [-0.3, -0.25) is 4.79 Å². The first-order valence-electron chi connectivity index (χ1n) is 14.0. The molecule has 2 aromatic heterocycles. The van der Waals surface area contributed by atoms with Gasteiger partial charge in [-0.1, -0.05) is 0 Å². The van der Waals surface area contributed by atoms with E-state index < -0.39 is 11.4 Å². The highest BCUT2D eigenvalue weighted by Gasteiger charge is 2.34. The lowest BCUT2D eigenvalue weighted by atomic mass is 10.0. The molecule has 2 saturated heterocycles.